The molecular weight excluding hydrogens is 312 g/mol. The average molecular weight is 330 g/mol. The Morgan fingerprint density at radius 1 is 0.760 bits per heavy atom. The predicted octanol–water partition coefficient (Wildman–Crippen LogP) is 4.22. The maximum Gasteiger partial charge on any atom is 0.258 e. The van der Waals surface area contributed by atoms with Gasteiger partial charge >= 0.3 is 0 Å². The molecule has 0 aliphatic carbocycles. The van der Waals surface area contributed by atoms with Crippen LogP contribution in [0.1, 0.15) is 20.7 Å². The number of rotatable bonds is 4. The molecule has 0 bridgehead atoms. The molecule has 0 aliphatic heterocycles. The highest BCUT2D eigenvalue weighted by Crippen LogP contribution is 2.16. The Bertz CT molecular complexity index is 877. The first kappa shape index (κ1) is 16.5. The Balaban J connectivity index is 1.79. The number of nitrogens with one attached hydrogen (secondary N) is 1. The van der Waals surface area contributed by atoms with Gasteiger partial charge in [-0.3, -0.25) is 9.59 Å². The van der Waals surface area contributed by atoms with E-state index < -0.39 is 0 Å². The van der Waals surface area contributed by atoms with E-state index in [0.717, 1.165) is 5.69 Å². The maximum atomic E-state index is 12.7. The molecule has 0 spiro atoms. The molecule has 0 radical (unpaired) electrons. The van der Waals surface area contributed by atoms with Crippen LogP contribution >= 0.6 is 0 Å². The molecule has 0 aliphatic rings. The van der Waals surface area contributed by atoms with Gasteiger partial charge in [0.1, 0.15) is 0 Å². The van der Waals surface area contributed by atoms with Gasteiger partial charge in [-0.1, -0.05) is 42.5 Å². The Kier molecular flexibility index (Phi) is 4.90. The summed E-state index contributed by atoms with van der Waals surface area (Å²) >= 11 is 0. The van der Waals surface area contributed by atoms with Crippen LogP contribution in [0.3, 0.4) is 0 Å². The normalized spacial score (nSPS) is 10.1. The molecule has 25 heavy (non-hydrogen) atoms. The van der Waals surface area contributed by atoms with Gasteiger partial charge in [-0.05, 0) is 42.5 Å². The summed E-state index contributed by atoms with van der Waals surface area (Å²) in [6, 6.07) is 25.3. The summed E-state index contributed by atoms with van der Waals surface area (Å²) in [7, 11) is 1.72. The van der Waals surface area contributed by atoms with Crippen LogP contribution in [0.2, 0.25) is 0 Å². The van der Waals surface area contributed by atoms with Crippen LogP contribution in [0, 0.1) is 0 Å². The minimum Gasteiger partial charge on any atom is -0.322 e. The van der Waals surface area contributed by atoms with Gasteiger partial charge in [-0.15, -0.1) is 0 Å². The van der Waals surface area contributed by atoms with Crippen LogP contribution in [-0.4, -0.2) is 18.9 Å². The molecule has 3 aromatic rings. The smallest absolute Gasteiger partial charge is 0.258 e. The maximum absolute atomic E-state index is 12.7. The van der Waals surface area contributed by atoms with Gasteiger partial charge in [-0.25, -0.2) is 0 Å². The van der Waals surface area contributed by atoms with E-state index in [1.807, 2.05) is 60.7 Å². The van der Waals surface area contributed by atoms with E-state index >= 15 is 0 Å². The van der Waals surface area contributed by atoms with Crippen molar-refractivity contribution < 1.29 is 9.59 Å². The van der Waals surface area contributed by atoms with E-state index in [9.17, 15) is 9.59 Å². The summed E-state index contributed by atoms with van der Waals surface area (Å²) in [6.07, 6.45) is 0. The van der Waals surface area contributed by atoms with Crippen molar-refractivity contribution in [1.29, 1.82) is 0 Å². The Morgan fingerprint density at radius 2 is 1.36 bits per heavy atom. The second-order valence-corrected chi connectivity index (χ2v) is 5.60. The first-order valence-corrected chi connectivity index (χ1v) is 7.95. The van der Waals surface area contributed by atoms with Gasteiger partial charge < -0.3 is 10.2 Å². The highest BCUT2D eigenvalue weighted by Gasteiger charge is 2.15. The molecule has 4 heteroatoms. The van der Waals surface area contributed by atoms with Crippen molar-refractivity contribution in [3.8, 4) is 0 Å². The Hall–Kier alpha value is -3.40. The summed E-state index contributed by atoms with van der Waals surface area (Å²) in [5.74, 6) is -0.413. The van der Waals surface area contributed by atoms with Gasteiger partial charge in [0.25, 0.3) is 11.8 Å². The number of para-hydroxylation sites is 2. The molecule has 2 amide bonds. The van der Waals surface area contributed by atoms with Crippen molar-refractivity contribution in [3.05, 3.63) is 96.1 Å². The average Bonchev–Trinajstić information content (AvgIpc) is 2.68. The van der Waals surface area contributed by atoms with Crippen LogP contribution in [0.4, 0.5) is 11.4 Å². The fourth-order valence-electron chi connectivity index (χ4n) is 2.48. The van der Waals surface area contributed by atoms with E-state index in [0.29, 0.717) is 16.8 Å². The number of nitrogens with zero attached hydrogens (tertiary/aromatic N) is 1. The third-order valence-corrected chi connectivity index (χ3v) is 3.85. The van der Waals surface area contributed by atoms with Crippen LogP contribution in [0.5, 0.6) is 0 Å². The number of hydrogen-bond acceptors (Lipinski definition) is 2. The van der Waals surface area contributed by atoms with E-state index in [1.54, 1.807) is 36.2 Å². The first-order valence-electron chi connectivity index (χ1n) is 7.95. The zero-order valence-corrected chi connectivity index (χ0v) is 13.8. The minimum absolute atomic E-state index is 0.166. The van der Waals surface area contributed by atoms with Crippen LogP contribution in [0.15, 0.2) is 84.9 Å². The van der Waals surface area contributed by atoms with Gasteiger partial charge in [0, 0.05) is 29.5 Å². The lowest BCUT2D eigenvalue weighted by molar-refractivity contribution is 0.0993. The molecule has 1 N–H and O–H groups in total. The molecule has 0 saturated carbocycles. The van der Waals surface area contributed by atoms with Crippen molar-refractivity contribution in [1.82, 2.24) is 0 Å². The highest BCUT2D eigenvalue weighted by atomic mass is 16.2. The number of amides is 2. The lowest BCUT2D eigenvalue weighted by Gasteiger charge is -2.17. The van der Waals surface area contributed by atoms with Crippen molar-refractivity contribution >= 4 is 23.2 Å². The second-order valence-electron chi connectivity index (χ2n) is 5.60. The van der Waals surface area contributed by atoms with Gasteiger partial charge in [0.15, 0.2) is 0 Å². The molecule has 4 nitrogen and oxygen atoms in total. The monoisotopic (exact) mass is 330 g/mol. The Morgan fingerprint density at radius 3 is 2.04 bits per heavy atom. The number of benzene rings is 3. The summed E-state index contributed by atoms with van der Waals surface area (Å²) in [5, 5.41) is 2.82. The third kappa shape index (κ3) is 3.93. The van der Waals surface area contributed by atoms with Crippen molar-refractivity contribution in [2.45, 2.75) is 0 Å². The van der Waals surface area contributed by atoms with Crippen LogP contribution in [-0.2, 0) is 0 Å². The van der Waals surface area contributed by atoms with Crippen LogP contribution < -0.4 is 10.2 Å². The van der Waals surface area contributed by atoms with Gasteiger partial charge in [0.2, 0.25) is 0 Å². The Labute approximate surface area is 146 Å². The SMILES string of the molecule is CN(C(=O)c1cccc(C(=O)Nc2ccccc2)c1)c1ccccc1. The molecule has 0 saturated heterocycles. The molecule has 3 rings (SSSR count). The highest BCUT2D eigenvalue weighted by molar-refractivity contribution is 6.09. The fourth-order valence-corrected chi connectivity index (χ4v) is 2.48. The first-order chi connectivity index (χ1) is 12.1. The van der Waals surface area contributed by atoms with E-state index in [4.69, 9.17) is 0 Å². The molecule has 0 aromatic heterocycles. The summed E-state index contributed by atoms with van der Waals surface area (Å²) in [5.41, 5.74) is 2.42. The van der Waals surface area contributed by atoms with Gasteiger partial charge in [0.05, 0.1) is 0 Å². The quantitative estimate of drug-likeness (QED) is 0.779. The molecular formula is C21H18N2O2. The fraction of sp³-hybridized carbons (Fsp3) is 0.0476. The topological polar surface area (TPSA) is 49.4 Å². The molecule has 0 heterocycles. The molecule has 0 unspecified atom stereocenters. The number of anilines is 2. The number of hydrogen-bond donors (Lipinski definition) is 1. The lowest BCUT2D eigenvalue weighted by Crippen LogP contribution is -2.26. The standard InChI is InChI=1S/C21H18N2O2/c1-23(19-13-6-3-7-14-19)21(25)17-10-8-9-16(15-17)20(24)22-18-11-4-2-5-12-18/h2-15H,1H3,(H,22,24). The lowest BCUT2D eigenvalue weighted by atomic mass is 10.1. The van der Waals surface area contributed by atoms with E-state index in [1.165, 1.54) is 0 Å². The number of carbonyl (C=O) groups excluding carboxylic acids is 2. The van der Waals surface area contributed by atoms with Crippen LogP contribution in [0.25, 0.3) is 0 Å². The number of carbonyl (C=O) groups is 2. The van der Waals surface area contributed by atoms with Crippen molar-refractivity contribution in [3.63, 3.8) is 0 Å². The molecule has 0 atom stereocenters. The van der Waals surface area contributed by atoms with Crippen molar-refractivity contribution in [2.75, 3.05) is 17.3 Å². The largest absolute Gasteiger partial charge is 0.322 e. The molecule has 0 fully saturated rings. The zero-order chi connectivity index (χ0) is 17.6. The molecule has 124 valence electrons. The predicted molar refractivity (Wildman–Crippen MR) is 100 cm³/mol. The summed E-state index contributed by atoms with van der Waals surface area (Å²) in [6.45, 7) is 0. The van der Waals surface area contributed by atoms with E-state index in [2.05, 4.69) is 5.32 Å². The summed E-state index contributed by atoms with van der Waals surface area (Å²) in [4.78, 5) is 26.6. The van der Waals surface area contributed by atoms with Crippen molar-refractivity contribution in [2.24, 2.45) is 0 Å². The third-order valence-electron chi connectivity index (χ3n) is 3.85. The zero-order valence-electron chi connectivity index (χ0n) is 13.8. The van der Waals surface area contributed by atoms with E-state index in [-0.39, 0.29) is 11.8 Å². The minimum atomic E-state index is -0.247. The second kappa shape index (κ2) is 7.45. The summed E-state index contributed by atoms with van der Waals surface area (Å²) < 4.78 is 0. The van der Waals surface area contributed by atoms with Gasteiger partial charge in [-0.2, -0.15) is 0 Å². The molecule has 3 aromatic carbocycles.